The summed E-state index contributed by atoms with van der Waals surface area (Å²) in [4.78, 5) is 45.5. The molecule has 1 aromatic heterocycles. The van der Waals surface area contributed by atoms with E-state index in [9.17, 15) is 9.59 Å². The molecular weight excluding hydrogens is 1050 g/mol. The highest BCUT2D eigenvalue weighted by atomic mass is 16.2. The quantitative estimate of drug-likeness (QED) is 0.0295. The van der Waals surface area contributed by atoms with Crippen molar-refractivity contribution in [3.8, 4) is 16.8 Å². The summed E-state index contributed by atoms with van der Waals surface area (Å²) >= 11 is 0. The molecule has 0 atom stereocenters. The number of amides is 2. The highest BCUT2D eigenvalue weighted by Gasteiger charge is 2.24. The average Bonchev–Trinajstić information content (AvgIpc) is 2.02. The van der Waals surface area contributed by atoms with E-state index in [4.69, 9.17) is 9.98 Å². The number of allylic oxidation sites excluding steroid dienone is 4. The molecule has 0 radical (unpaired) electrons. The molecule has 1 heterocycles. The fourth-order valence-corrected chi connectivity index (χ4v) is 11.4. The minimum Gasteiger partial charge on any atom is -0.377 e. The maximum absolute atomic E-state index is 13.1. The Bertz CT molecular complexity index is 3770. The van der Waals surface area contributed by atoms with Gasteiger partial charge in [0, 0.05) is 132 Å². The third-order valence-corrected chi connectivity index (χ3v) is 16.2. The number of hydrogen-bond donors (Lipinski definition) is 3. The maximum atomic E-state index is 13.1. The van der Waals surface area contributed by atoms with E-state index in [1.807, 2.05) is 66.7 Å². The molecule has 12 heteroatoms. The number of carbonyl (C=O) groups excluding carboxylic acids is 2. The Balaban J connectivity index is 0.666. The Hall–Kier alpha value is -9.03. The van der Waals surface area contributed by atoms with Crippen molar-refractivity contribution in [1.29, 1.82) is 0 Å². The van der Waals surface area contributed by atoms with E-state index in [0.29, 0.717) is 24.2 Å². The molecule has 0 saturated carbocycles. The highest BCUT2D eigenvalue weighted by Crippen LogP contribution is 2.37. The zero-order chi connectivity index (χ0) is 60.1. The lowest BCUT2D eigenvalue weighted by molar-refractivity contribution is -0.538. The molecular formula is C73H85N10O2+. The van der Waals surface area contributed by atoms with Crippen LogP contribution in [0.4, 0.5) is 34.1 Å². The number of nitrogens with one attached hydrogen (secondary N) is 3. The molecule has 7 aromatic carbocycles. The van der Waals surface area contributed by atoms with Crippen molar-refractivity contribution in [2.24, 2.45) is 4.99 Å². The van der Waals surface area contributed by atoms with E-state index in [0.717, 1.165) is 154 Å². The molecule has 2 amide bonds. The van der Waals surface area contributed by atoms with Gasteiger partial charge < -0.3 is 35.6 Å². The number of hydrogen-bond acceptors (Lipinski definition) is 9. The second-order valence-electron chi connectivity index (χ2n) is 23.2. The number of fused-ring (bicyclic) bond motifs is 2. The molecule has 8 aromatic rings. The number of aryl methyl sites for hydroxylation is 3. The summed E-state index contributed by atoms with van der Waals surface area (Å²) in [6.07, 6.45) is 12.4. The van der Waals surface area contributed by atoms with Crippen molar-refractivity contribution < 1.29 is 14.2 Å². The lowest BCUT2D eigenvalue weighted by atomic mass is 9.98. The van der Waals surface area contributed by atoms with Crippen molar-refractivity contribution >= 4 is 73.7 Å². The van der Waals surface area contributed by atoms with Crippen LogP contribution in [-0.2, 0) is 0 Å². The molecule has 0 aliphatic heterocycles. The minimum absolute atomic E-state index is 0.0674. The van der Waals surface area contributed by atoms with Gasteiger partial charge in [0.1, 0.15) is 11.0 Å². The first-order chi connectivity index (χ1) is 41.0. The molecule has 0 saturated heterocycles. The van der Waals surface area contributed by atoms with Crippen molar-refractivity contribution in [3.05, 3.63) is 209 Å². The first-order valence-electron chi connectivity index (χ1n) is 30.1. The lowest BCUT2D eigenvalue weighted by Gasteiger charge is -2.27. The van der Waals surface area contributed by atoms with Gasteiger partial charge in [0.25, 0.3) is 11.8 Å². The summed E-state index contributed by atoms with van der Waals surface area (Å²) in [5.74, 6) is -0.138. The molecule has 0 spiro atoms. The van der Waals surface area contributed by atoms with Gasteiger partial charge >= 0.3 is 0 Å². The predicted octanol–water partition coefficient (Wildman–Crippen LogP) is 15.0. The van der Waals surface area contributed by atoms with E-state index in [1.54, 1.807) is 0 Å². The van der Waals surface area contributed by atoms with Crippen molar-refractivity contribution in [2.75, 3.05) is 88.5 Å². The highest BCUT2D eigenvalue weighted by molar-refractivity contribution is 6.13. The Morgan fingerprint density at radius 2 is 1.01 bits per heavy atom. The Kier molecular flexibility index (Phi) is 20.0. The van der Waals surface area contributed by atoms with Crippen molar-refractivity contribution in [3.63, 3.8) is 0 Å². The van der Waals surface area contributed by atoms with Crippen LogP contribution < -0.4 is 35.2 Å². The van der Waals surface area contributed by atoms with Gasteiger partial charge in [0.2, 0.25) is 16.7 Å². The third kappa shape index (κ3) is 15.0. The van der Waals surface area contributed by atoms with E-state index in [2.05, 4.69) is 208 Å². The molecule has 12 nitrogen and oxygen atoms in total. The molecule has 3 N–H and O–H groups in total. The largest absolute Gasteiger partial charge is 0.377 e. The predicted molar refractivity (Wildman–Crippen MR) is 357 cm³/mol. The van der Waals surface area contributed by atoms with E-state index in [1.165, 1.54) is 22.5 Å². The molecule has 1 aliphatic rings. The van der Waals surface area contributed by atoms with E-state index < -0.39 is 0 Å². The fourth-order valence-electron chi connectivity index (χ4n) is 11.4. The molecule has 0 bridgehead atoms. The monoisotopic (exact) mass is 1130 g/mol. The van der Waals surface area contributed by atoms with Gasteiger partial charge in [-0.3, -0.25) is 9.59 Å². The van der Waals surface area contributed by atoms with Crippen molar-refractivity contribution in [2.45, 2.75) is 79.1 Å². The number of carbonyl (C=O) groups is 2. The summed E-state index contributed by atoms with van der Waals surface area (Å²) in [5, 5.41) is 9.81. The number of rotatable bonds is 25. The van der Waals surface area contributed by atoms with Gasteiger partial charge in [-0.15, -0.1) is 4.57 Å². The third-order valence-electron chi connectivity index (χ3n) is 16.2. The van der Waals surface area contributed by atoms with Crippen LogP contribution in [0.5, 0.6) is 0 Å². The SMILES string of the molecule is C=C1C=C(N(C)CCCCCCNC(=O)c2ccc(-c3ccc(C(=O)NCCCCCCN(C)c4cc5c(cc4C)nc4cc(C)c(N(C)C)cc4[n+]5-c4ccccc4)cc3)cc2)C(C)=C/C1=N/c1cc(C)c(N(C)C)cc1Nc1ccccc1. The molecule has 1 aliphatic carbocycles. The number of aromatic nitrogens is 2. The number of anilines is 5. The first kappa shape index (κ1) is 60.6. The van der Waals surface area contributed by atoms with Crippen LogP contribution in [0.25, 0.3) is 38.9 Å². The second kappa shape index (κ2) is 28.0. The summed E-state index contributed by atoms with van der Waals surface area (Å²) in [5.41, 5.74) is 22.4. The number of para-hydroxylation sites is 2. The van der Waals surface area contributed by atoms with Gasteiger partial charge in [-0.25, -0.2) is 9.98 Å². The van der Waals surface area contributed by atoms with Crippen LogP contribution in [0.1, 0.15) is 95.7 Å². The topological polar surface area (TPSA) is 112 Å². The fraction of sp³-hybridized carbons (Fsp3) is 0.301. The smallest absolute Gasteiger partial charge is 0.251 e. The Morgan fingerprint density at radius 1 is 0.529 bits per heavy atom. The van der Waals surface area contributed by atoms with Crippen LogP contribution in [0.15, 0.2) is 186 Å². The average molecular weight is 1130 g/mol. The Labute approximate surface area is 504 Å². The van der Waals surface area contributed by atoms with Crippen LogP contribution in [0.3, 0.4) is 0 Å². The second-order valence-corrected chi connectivity index (χ2v) is 23.2. The van der Waals surface area contributed by atoms with Crippen LogP contribution >= 0.6 is 0 Å². The molecule has 9 rings (SSSR count). The molecule has 0 fully saturated rings. The lowest BCUT2D eigenvalue weighted by Crippen LogP contribution is -2.34. The minimum atomic E-state index is -0.0705. The maximum Gasteiger partial charge on any atom is 0.251 e. The summed E-state index contributed by atoms with van der Waals surface area (Å²) < 4.78 is 2.35. The first-order valence-corrected chi connectivity index (χ1v) is 30.1. The van der Waals surface area contributed by atoms with Gasteiger partial charge in [0.05, 0.1) is 17.1 Å². The van der Waals surface area contributed by atoms with Crippen molar-refractivity contribution in [1.82, 2.24) is 20.5 Å². The summed E-state index contributed by atoms with van der Waals surface area (Å²) in [6, 6.07) is 49.4. The van der Waals surface area contributed by atoms with Crippen LogP contribution in [-0.4, -0.2) is 95.9 Å². The zero-order valence-electron chi connectivity index (χ0n) is 51.7. The van der Waals surface area contributed by atoms with E-state index >= 15 is 0 Å². The summed E-state index contributed by atoms with van der Waals surface area (Å²) in [6.45, 7) is 16.1. The molecule has 438 valence electrons. The Morgan fingerprint density at radius 3 is 1.56 bits per heavy atom. The van der Waals surface area contributed by atoms with Gasteiger partial charge in [-0.2, -0.15) is 0 Å². The van der Waals surface area contributed by atoms with Crippen LogP contribution in [0.2, 0.25) is 0 Å². The number of likely N-dealkylation sites (N-methyl/N-ethyl adjacent to an activating group) is 1. The zero-order valence-corrected chi connectivity index (χ0v) is 51.7. The number of nitrogens with zero attached hydrogens (tertiary/aromatic N) is 7. The number of benzene rings is 7. The number of aliphatic imine (C=N–C) groups is 1. The normalized spacial score (nSPS) is 12.7. The molecule has 0 unspecified atom stereocenters. The van der Waals surface area contributed by atoms with Gasteiger partial charge in [0.15, 0.2) is 0 Å². The van der Waals surface area contributed by atoms with Crippen LogP contribution in [0, 0.1) is 20.8 Å². The molecule has 85 heavy (non-hydrogen) atoms. The number of unbranched alkanes of at least 4 members (excludes halogenated alkanes) is 6. The standard InChI is InChI=1S/C73H84N10O2/c1-50-46-68(53(4)42-61(50)77-62-43-51(2)66(79(6)7)47-63(62)76-59-26-18-16-19-27-59)81(10)40-24-14-12-22-38-74-72(84)57-34-30-55(31-35-57)56-32-36-58(37-33-56)73(85)75-39-23-13-15-25-41-82(11)69-49-71-65(45-54(69)5)78-64-44-52(3)67(80(8)9)48-70(64)83(71)60-28-20-17-21-29-60/h16-21,26-37,42-49,76H,1,12-15,22-25,38-41H2,2-11H3,(H-,74,75,84,85)/p+1/b77-61-. The van der Waals surface area contributed by atoms with Gasteiger partial charge in [-0.05, 0) is 165 Å². The summed E-state index contributed by atoms with van der Waals surface area (Å²) in [7, 11) is 12.6. The van der Waals surface area contributed by atoms with E-state index in [-0.39, 0.29) is 11.8 Å². The van der Waals surface area contributed by atoms with Gasteiger partial charge in [-0.1, -0.05) is 92.9 Å².